The molecule has 0 unspecified atom stereocenters. The maximum atomic E-state index is 12.8. The maximum Gasteiger partial charge on any atom is 0.337 e. The lowest BCUT2D eigenvalue weighted by molar-refractivity contribution is -0.160. The van der Waals surface area contributed by atoms with Crippen LogP contribution in [0.3, 0.4) is 0 Å². The van der Waals surface area contributed by atoms with Crippen molar-refractivity contribution in [2.45, 2.75) is 90.4 Å². The molecule has 44 heavy (non-hydrogen) atoms. The third-order valence-corrected chi connectivity index (χ3v) is 8.75. The number of aryl methyl sites for hydroxylation is 2. The lowest BCUT2D eigenvalue weighted by Crippen LogP contribution is -2.46. The molecule has 3 aliphatic rings. The number of carboxylic acid groups (broad SMARTS) is 1. The first-order valence-corrected chi connectivity index (χ1v) is 15.8. The Morgan fingerprint density at radius 2 is 1.84 bits per heavy atom. The summed E-state index contributed by atoms with van der Waals surface area (Å²) in [5, 5.41) is 15.5. The maximum absolute atomic E-state index is 12.8. The number of carboxylic acids is 1. The summed E-state index contributed by atoms with van der Waals surface area (Å²) in [7, 11) is 0. The molecule has 0 amide bonds. The SMILES string of the molecule is Cc1nc2cc3nn2c(c1[C@H](OC(C)(C)C)C(=O)O)N1CCC(C)(CC1)OCCCCCc1ncccc1-c1cccc-3c1. The van der Waals surface area contributed by atoms with Crippen molar-refractivity contribution < 1.29 is 19.4 Å². The number of benzene rings is 1. The van der Waals surface area contributed by atoms with Gasteiger partial charge in [-0.25, -0.2) is 9.78 Å². The molecule has 0 saturated carbocycles. The Morgan fingerprint density at radius 1 is 1.07 bits per heavy atom. The van der Waals surface area contributed by atoms with Crippen molar-refractivity contribution >= 4 is 17.4 Å². The number of carbonyl (C=O) groups is 1. The molecular weight excluding hydrogens is 554 g/mol. The van der Waals surface area contributed by atoms with Crippen molar-refractivity contribution in [3.05, 3.63) is 65.6 Å². The molecule has 1 aromatic carbocycles. The van der Waals surface area contributed by atoms with Crippen LogP contribution in [0.25, 0.3) is 28.0 Å². The zero-order valence-electron chi connectivity index (χ0n) is 26.5. The highest BCUT2D eigenvalue weighted by Crippen LogP contribution is 2.39. The Labute approximate surface area is 259 Å². The van der Waals surface area contributed by atoms with Gasteiger partial charge in [0, 0.05) is 54.5 Å². The van der Waals surface area contributed by atoms with Crippen molar-refractivity contribution in [1.29, 1.82) is 0 Å². The number of fused-ring (bicyclic) bond motifs is 7. The van der Waals surface area contributed by atoms with Gasteiger partial charge in [0.2, 0.25) is 0 Å². The van der Waals surface area contributed by atoms with E-state index in [0.717, 1.165) is 79.0 Å². The van der Waals surface area contributed by atoms with Crippen LogP contribution in [-0.2, 0) is 20.7 Å². The predicted molar refractivity (Wildman–Crippen MR) is 171 cm³/mol. The fourth-order valence-electron chi connectivity index (χ4n) is 6.43. The number of ether oxygens (including phenoxy) is 2. The van der Waals surface area contributed by atoms with Gasteiger partial charge in [-0.05, 0) is 84.4 Å². The normalized spacial score (nSPS) is 18.0. The molecule has 9 nitrogen and oxygen atoms in total. The van der Waals surface area contributed by atoms with Crippen molar-refractivity contribution in [2.24, 2.45) is 0 Å². The third-order valence-electron chi connectivity index (χ3n) is 8.75. The molecule has 1 fully saturated rings. The van der Waals surface area contributed by atoms with Crippen LogP contribution in [0.5, 0.6) is 0 Å². The second kappa shape index (κ2) is 11.9. The molecule has 3 aliphatic heterocycles. The van der Waals surface area contributed by atoms with Gasteiger partial charge in [0.1, 0.15) is 5.82 Å². The minimum atomic E-state index is -1.20. The van der Waals surface area contributed by atoms with E-state index in [9.17, 15) is 9.90 Å². The molecule has 0 spiro atoms. The number of hydrogen-bond donors (Lipinski definition) is 1. The Kier molecular flexibility index (Phi) is 8.20. The summed E-state index contributed by atoms with van der Waals surface area (Å²) in [6.07, 6.45) is 6.37. The Hall–Kier alpha value is -3.82. The summed E-state index contributed by atoms with van der Waals surface area (Å²) in [5.41, 5.74) is 5.97. The second-order valence-corrected chi connectivity index (χ2v) is 13.4. The Balaban J connectivity index is 1.54. The molecule has 6 bridgehead atoms. The Morgan fingerprint density at radius 3 is 2.59 bits per heavy atom. The topological polar surface area (TPSA) is 102 Å². The fourth-order valence-corrected chi connectivity index (χ4v) is 6.43. The van der Waals surface area contributed by atoms with Gasteiger partial charge < -0.3 is 19.5 Å². The van der Waals surface area contributed by atoms with Gasteiger partial charge in [0.25, 0.3) is 0 Å². The number of aliphatic carboxylic acids is 1. The van der Waals surface area contributed by atoms with E-state index in [4.69, 9.17) is 24.5 Å². The first-order valence-electron chi connectivity index (χ1n) is 15.8. The van der Waals surface area contributed by atoms with Crippen LogP contribution in [0.15, 0.2) is 48.7 Å². The van der Waals surface area contributed by atoms with Crippen molar-refractivity contribution in [1.82, 2.24) is 19.6 Å². The number of rotatable bonds is 3. The van der Waals surface area contributed by atoms with Gasteiger partial charge in [0.15, 0.2) is 11.8 Å². The highest BCUT2D eigenvalue weighted by molar-refractivity contribution is 5.79. The molecule has 1 N–H and O–H groups in total. The lowest BCUT2D eigenvalue weighted by Gasteiger charge is -2.41. The van der Waals surface area contributed by atoms with Crippen LogP contribution in [0.1, 0.15) is 82.9 Å². The third kappa shape index (κ3) is 6.21. The second-order valence-electron chi connectivity index (χ2n) is 13.4. The number of piperidine rings is 1. The number of anilines is 1. The molecule has 9 heteroatoms. The predicted octanol–water partition coefficient (Wildman–Crippen LogP) is 6.81. The average molecular weight is 598 g/mol. The molecule has 3 aromatic heterocycles. The van der Waals surface area contributed by atoms with Gasteiger partial charge >= 0.3 is 5.97 Å². The molecule has 0 radical (unpaired) electrons. The van der Waals surface area contributed by atoms with Gasteiger partial charge in [0.05, 0.1) is 22.5 Å². The molecule has 1 atom stereocenters. The monoisotopic (exact) mass is 597 g/mol. The number of pyridine rings is 1. The van der Waals surface area contributed by atoms with E-state index in [2.05, 4.69) is 42.2 Å². The van der Waals surface area contributed by atoms with Crippen LogP contribution in [0.2, 0.25) is 0 Å². The summed E-state index contributed by atoms with van der Waals surface area (Å²) in [4.78, 5) is 24.6. The summed E-state index contributed by atoms with van der Waals surface area (Å²) < 4.78 is 14.5. The largest absolute Gasteiger partial charge is 0.479 e. The lowest BCUT2D eigenvalue weighted by atomic mass is 9.92. The molecule has 1 saturated heterocycles. The highest BCUT2D eigenvalue weighted by Gasteiger charge is 2.37. The number of hydrogen-bond acceptors (Lipinski definition) is 7. The summed E-state index contributed by atoms with van der Waals surface area (Å²) in [5.74, 6) is -0.324. The molecule has 0 aliphatic carbocycles. The van der Waals surface area contributed by atoms with Crippen molar-refractivity contribution in [2.75, 3.05) is 24.6 Å². The van der Waals surface area contributed by atoms with E-state index in [1.807, 2.05) is 50.5 Å². The number of nitrogens with zero attached hydrogens (tertiary/aromatic N) is 5. The molecular formula is C35H43N5O4. The van der Waals surface area contributed by atoms with Crippen LogP contribution in [0, 0.1) is 6.92 Å². The summed E-state index contributed by atoms with van der Waals surface area (Å²) in [6.45, 7) is 11.8. The zero-order valence-corrected chi connectivity index (χ0v) is 26.5. The fraction of sp³-hybridized carbons (Fsp3) is 0.486. The number of aromatic nitrogens is 4. The van der Waals surface area contributed by atoms with Crippen LogP contribution in [0.4, 0.5) is 5.82 Å². The van der Waals surface area contributed by atoms with Crippen molar-refractivity contribution in [3.63, 3.8) is 0 Å². The smallest absolute Gasteiger partial charge is 0.337 e. The first kappa shape index (κ1) is 30.2. The van der Waals surface area contributed by atoms with Gasteiger partial charge in [-0.1, -0.05) is 30.7 Å². The van der Waals surface area contributed by atoms with E-state index in [1.54, 1.807) is 0 Å². The zero-order chi connectivity index (χ0) is 31.1. The molecule has 4 aromatic rings. The first-order chi connectivity index (χ1) is 21.0. The minimum Gasteiger partial charge on any atom is -0.479 e. The molecule has 7 rings (SSSR count). The van der Waals surface area contributed by atoms with E-state index in [1.165, 1.54) is 0 Å². The van der Waals surface area contributed by atoms with Crippen LogP contribution < -0.4 is 4.90 Å². The Bertz CT molecular complexity index is 1670. The quantitative estimate of drug-likeness (QED) is 0.275. The standard InChI is InChI=1S/C35H43N5O4/c1-23-30(31(33(41)42)44-34(2,3)4)32-39-18-15-35(5,16-19-39)43-20-8-6-7-14-27-26(13-10-17-36-27)24-11-9-12-25(21-24)28-22-29(37-23)40(32)38-28/h9-13,17,21-22,31H,6-8,14-16,18-20H2,1-5H3,(H,41,42)/t31-/m0/s1. The van der Waals surface area contributed by atoms with E-state index >= 15 is 0 Å². The van der Waals surface area contributed by atoms with Gasteiger partial charge in [-0.3, -0.25) is 4.98 Å². The van der Waals surface area contributed by atoms with Crippen LogP contribution >= 0.6 is 0 Å². The van der Waals surface area contributed by atoms with E-state index in [-0.39, 0.29) is 5.60 Å². The molecule has 232 valence electrons. The van der Waals surface area contributed by atoms with Crippen LogP contribution in [-0.4, -0.2) is 61.6 Å². The van der Waals surface area contributed by atoms with E-state index in [0.29, 0.717) is 30.0 Å². The summed E-state index contributed by atoms with van der Waals surface area (Å²) in [6, 6.07) is 14.5. The van der Waals surface area contributed by atoms with Gasteiger partial charge in [-0.2, -0.15) is 9.61 Å². The molecule has 6 heterocycles. The minimum absolute atomic E-state index is 0.239. The van der Waals surface area contributed by atoms with Crippen molar-refractivity contribution in [3.8, 4) is 22.4 Å². The highest BCUT2D eigenvalue weighted by atomic mass is 16.5. The van der Waals surface area contributed by atoms with E-state index < -0.39 is 17.7 Å². The summed E-state index contributed by atoms with van der Waals surface area (Å²) >= 11 is 0. The average Bonchev–Trinajstić information content (AvgIpc) is 3.41. The van der Waals surface area contributed by atoms with Gasteiger partial charge in [-0.15, -0.1) is 0 Å².